The van der Waals surface area contributed by atoms with Crippen molar-refractivity contribution >= 4 is 41.5 Å². The molecule has 2 aromatic rings. The van der Waals surface area contributed by atoms with E-state index in [0.29, 0.717) is 11.6 Å². The molecule has 148 valence electrons. The second-order valence-corrected chi connectivity index (χ2v) is 6.91. The third-order valence-corrected chi connectivity index (χ3v) is 4.49. The van der Waals surface area contributed by atoms with Gasteiger partial charge in [0.15, 0.2) is 5.96 Å². The topological polar surface area (TPSA) is 76.4 Å². The highest BCUT2D eigenvalue weighted by Gasteiger charge is 2.21. The van der Waals surface area contributed by atoms with Gasteiger partial charge in [-0.1, -0.05) is 11.6 Å². The van der Waals surface area contributed by atoms with Crippen LogP contribution in [0.1, 0.15) is 25.0 Å². The molecular formula is C18H26ClIN6O. The molecule has 27 heavy (non-hydrogen) atoms. The third kappa shape index (κ3) is 6.24. The number of fused-ring (bicyclic) bond motifs is 1. The zero-order valence-electron chi connectivity index (χ0n) is 15.8. The van der Waals surface area contributed by atoms with Gasteiger partial charge in [-0.25, -0.2) is 9.67 Å². The largest absolute Gasteiger partial charge is 0.489 e. The molecule has 1 aromatic carbocycles. The first kappa shape index (κ1) is 21.7. The Kier molecular flexibility index (Phi) is 8.15. The lowest BCUT2D eigenvalue weighted by atomic mass is 10.1. The summed E-state index contributed by atoms with van der Waals surface area (Å²) in [5, 5.41) is 11.9. The van der Waals surface area contributed by atoms with Gasteiger partial charge in [-0.15, -0.1) is 24.0 Å². The van der Waals surface area contributed by atoms with Crippen molar-refractivity contribution in [2.45, 2.75) is 45.4 Å². The second kappa shape index (κ2) is 10.1. The van der Waals surface area contributed by atoms with Crippen LogP contribution in [0.5, 0.6) is 5.75 Å². The van der Waals surface area contributed by atoms with Crippen molar-refractivity contribution in [2.75, 3.05) is 13.6 Å². The summed E-state index contributed by atoms with van der Waals surface area (Å²) < 4.78 is 7.86. The van der Waals surface area contributed by atoms with E-state index in [1.54, 1.807) is 7.05 Å². The van der Waals surface area contributed by atoms with Gasteiger partial charge in [-0.2, -0.15) is 5.10 Å². The Balaban J connectivity index is 0.00000261. The van der Waals surface area contributed by atoms with Crippen molar-refractivity contribution in [3.05, 3.63) is 40.9 Å². The Labute approximate surface area is 182 Å². The summed E-state index contributed by atoms with van der Waals surface area (Å²) in [7, 11) is 1.77. The number of ether oxygens (including phenoxy) is 1. The van der Waals surface area contributed by atoms with Gasteiger partial charge in [0.25, 0.3) is 0 Å². The van der Waals surface area contributed by atoms with E-state index in [-0.39, 0.29) is 36.1 Å². The highest BCUT2D eigenvalue weighted by Crippen LogP contribution is 2.16. The Bertz CT molecular complexity index is 764. The van der Waals surface area contributed by atoms with Gasteiger partial charge in [0.05, 0.1) is 13.1 Å². The molecule has 0 fully saturated rings. The monoisotopic (exact) mass is 504 g/mol. The number of benzene rings is 1. The summed E-state index contributed by atoms with van der Waals surface area (Å²) in [5.74, 6) is 3.46. The molecule has 0 bridgehead atoms. The molecule has 7 nitrogen and oxygen atoms in total. The first-order valence-corrected chi connectivity index (χ1v) is 9.21. The van der Waals surface area contributed by atoms with Gasteiger partial charge in [-0.05, 0) is 44.5 Å². The predicted molar refractivity (Wildman–Crippen MR) is 118 cm³/mol. The number of aromatic nitrogens is 3. The molecule has 1 aromatic heterocycles. The van der Waals surface area contributed by atoms with E-state index in [1.165, 1.54) is 0 Å². The molecule has 0 saturated carbocycles. The Morgan fingerprint density at radius 1 is 1.41 bits per heavy atom. The van der Waals surface area contributed by atoms with Gasteiger partial charge in [0.2, 0.25) is 0 Å². The van der Waals surface area contributed by atoms with E-state index in [9.17, 15) is 0 Å². The summed E-state index contributed by atoms with van der Waals surface area (Å²) in [4.78, 5) is 8.75. The lowest BCUT2D eigenvalue weighted by Gasteiger charge is -2.26. The molecular weight excluding hydrogens is 479 g/mol. The van der Waals surface area contributed by atoms with Crippen molar-refractivity contribution in [3.63, 3.8) is 0 Å². The van der Waals surface area contributed by atoms with Crippen LogP contribution in [0, 0.1) is 6.92 Å². The number of halogens is 2. The fraction of sp³-hybridized carbons (Fsp3) is 0.500. The number of hydrogen-bond donors (Lipinski definition) is 2. The van der Waals surface area contributed by atoms with Crippen LogP contribution in [-0.2, 0) is 13.0 Å². The summed E-state index contributed by atoms with van der Waals surface area (Å²) >= 11 is 5.89. The molecule has 0 radical (unpaired) electrons. The fourth-order valence-corrected chi connectivity index (χ4v) is 3.09. The number of aryl methyl sites for hydroxylation is 2. The van der Waals surface area contributed by atoms with Gasteiger partial charge < -0.3 is 15.4 Å². The van der Waals surface area contributed by atoms with Crippen LogP contribution in [0.25, 0.3) is 0 Å². The maximum atomic E-state index is 5.89. The van der Waals surface area contributed by atoms with Crippen molar-refractivity contribution in [2.24, 2.45) is 4.99 Å². The molecule has 2 heterocycles. The minimum absolute atomic E-state index is 0. The first-order chi connectivity index (χ1) is 12.5. The summed E-state index contributed by atoms with van der Waals surface area (Å²) in [5.41, 5.74) is 0. The third-order valence-electron chi connectivity index (χ3n) is 4.24. The lowest BCUT2D eigenvalue weighted by Crippen LogP contribution is -2.48. The number of nitrogens with one attached hydrogen (secondary N) is 2. The Morgan fingerprint density at radius 3 is 2.85 bits per heavy atom. The van der Waals surface area contributed by atoms with E-state index in [1.807, 2.05) is 42.8 Å². The molecule has 9 heteroatoms. The van der Waals surface area contributed by atoms with Crippen LogP contribution in [0.15, 0.2) is 29.3 Å². The SMILES string of the molecule is CN=C(NCC(C)Oc1ccc(Cl)cc1)NC1CCc2nc(C)nn2C1.I. The number of nitrogens with zero attached hydrogens (tertiary/aromatic N) is 4. The van der Waals surface area contributed by atoms with Crippen LogP contribution in [0.2, 0.25) is 5.02 Å². The average molecular weight is 505 g/mol. The summed E-state index contributed by atoms with van der Waals surface area (Å²) in [6.07, 6.45) is 1.92. The minimum atomic E-state index is -0.00866. The van der Waals surface area contributed by atoms with Crippen molar-refractivity contribution < 1.29 is 4.74 Å². The second-order valence-electron chi connectivity index (χ2n) is 6.47. The van der Waals surface area contributed by atoms with Gasteiger partial charge in [0.1, 0.15) is 23.5 Å². The highest BCUT2D eigenvalue weighted by molar-refractivity contribution is 14.0. The molecule has 2 atom stereocenters. The molecule has 0 amide bonds. The van der Waals surface area contributed by atoms with E-state index >= 15 is 0 Å². The predicted octanol–water partition coefficient (Wildman–Crippen LogP) is 2.81. The Morgan fingerprint density at radius 2 is 2.15 bits per heavy atom. The zero-order chi connectivity index (χ0) is 18.5. The molecule has 2 unspecified atom stereocenters. The quantitative estimate of drug-likeness (QED) is 0.372. The number of hydrogen-bond acceptors (Lipinski definition) is 4. The standard InChI is InChI=1S/C18H25ClN6O.HI/c1-12(26-16-7-4-14(19)5-8-16)10-21-18(20-3)23-15-6-9-17-22-13(2)24-25(17)11-15;/h4-5,7-8,12,15H,6,9-11H2,1-3H3,(H2,20,21,23);1H. The molecule has 1 aliphatic rings. The summed E-state index contributed by atoms with van der Waals surface area (Å²) in [6.45, 7) is 5.38. The van der Waals surface area contributed by atoms with E-state index in [4.69, 9.17) is 16.3 Å². The molecule has 0 saturated heterocycles. The Hall–Kier alpha value is -1.55. The van der Waals surface area contributed by atoms with E-state index < -0.39 is 0 Å². The minimum Gasteiger partial charge on any atom is -0.489 e. The van der Waals surface area contributed by atoms with Gasteiger partial charge >= 0.3 is 0 Å². The number of rotatable bonds is 5. The van der Waals surface area contributed by atoms with Crippen molar-refractivity contribution in [3.8, 4) is 5.75 Å². The zero-order valence-corrected chi connectivity index (χ0v) is 18.9. The van der Waals surface area contributed by atoms with Crippen LogP contribution < -0.4 is 15.4 Å². The molecule has 2 N–H and O–H groups in total. The highest BCUT2D eigenvalue weighted by atomic mass is 127. The van der Waals surface area contributed by atoms with E-state index in [2.05, 4.69) is 25.7 Å². The maximum Gasteiger partial charge on any atom is 0.191 e. The number of guanidine groups is 1. The van der Waals surface area contributed by atoms with Crippen LogP contribution in [0.3, 0.4) is 0 Å². The van der Waals surface area contributed by atoms with Crippen molar-refractivity contribution in [1.29, 1.82) is 0 Å². The van der Waals surface area contributed by atoms with Crippen LogP contribution in [0.4, 0.5) is 0 Å². The first-order valence-electron chi connectivity index (χ1n) is 8.83. The summed E-state index contributed by atoms with van der Waals surface area (Å²) in [6, 6.07) is 7.65. The fourth-order valence-electron chi connectivity index (χ4n) is 2.97. The maximum absolute atomic E-state index is 5.89. The normalized spacial score (nSPS) is 17.5. The lowest BCUT2D eigenvalue weighted by molar-refractivity contribution is 0.223. The van der Waals surface area contributed by atoms with E-state index in [0.717, 1.165) is 42.7 Å². The van der Waals surface area contributed by atoms with Crippen LogP contribution in [-0.4, -0.2) is 46.5 Å². The van der Waals surface area contributed by atoms with Crippen LogP contribution >= 0.6 is 35.6 Å². The average Bonchev–Trinajstić information content (AvgIpc) is 2.99. The molecule has 0 aliphatic carbocycles. The number of aliphatic imine (C=N–C) groups is 1. The van der Waals surface area contributed by atoms with Gasteiger partial charge in [-0.3, -0.25) is 4.99 Å². The molecule has 1 aliphatic heterocycles. The van der Waals surface area contributed by atoms with Gasteiger partial charge in [0, 0.05) is 24.5 Å². The molecule has 0 spiro atoms. The molecule has 3 rings (SSSR count). The van der Waals surface area contributed by atoms with Crippen molar-refractivity contribution in [1.82, 2.24) is 25.4 Å². The smallest absolute Gasteiger partial charge is 0.191 e.